The van der Waals surface area contributed by atoms with Crippen LogP contribution in [0.25, 0.3) is 0 Å². The van der Waals surface area contributed by atoms with Gasteiger partial charge in [-0.3, -0.25) is 10.1 Å². The molecule has 27 heavy (non-hydrogen) atoms. The molecule has 2 atom stereocenters. The molecule has 1 saturated carbocycles. The van der Waals surface area contributed by atoms with Gasteiger partial charge in [-0.15, -0.1) is 20.4 Å². The summed E-state index contributed by atoms with van der Waals surface area (Å²) in [7, 11) is 1.87. The number of anilines is 2. The molecular formula is C18H20N6OS2. The Labute approximate surface area is 165 Å². The first-order chi connectivity index (χ1) is 13.2. The Morgan fingerprint density at radius 1 is 1.07 bits per heavy atom. The fourth-order valence-electron chi connectivity index (χ4n) is 3.38. The van der Waals surface area contributed by atoms with E-state index in [4.69, 9.17) is 0 Å². The van der Waals surface area contributed by atoms with Crippen LogP contribution in [0.15, 0.2) is 30.3 Å². The van der Waals surface area contributed by atoms with E-state index in [-0.39, 0.29) is 5.91 Å². The number of nitrogens with zero attached hydrogens (tertiary/aromatic N) is 4. The maximum absolute atomic E-state index is 12.2. The molecule has 2 aromatic heterocycles. The third kappa shape index (κ3) is 4.30. The van der Waals surface area contributed by atoms with Gasteiger partial charge in [-0.1, -0.05) is 40.9 Å². The minimum atomic E-state index is -0.157. The quantitative estimate of drug-likeness (QED) is 0.654. The van der Waals surface area contributed by atoms with E-state index < -0.39 is 0 Å². The normalized spacial score (nSPS) is 19.1. The summed E-state index contributed by atoms with van der Waals surface area (Å²) in [6, 6.07) is 9.13. The highest BCUT2D eigenvalue weighted by Gasteiger charge is 2.29. The van der Waals surface area contributed by atoms with Gasteiger partial charge in [0.25, 0.3) is 5.91 Å². The molecule has 0 aliphatic heterocycles. The Hall–Kier alpha value is -2.39. The van der Waals surface area contributed by atoms with E-state index >= 15 is 0 Å². The van der Waals surface area contributed by atoms with E-state index in [9.17, 15) is 4.79 Å². The summed E-state index contributed by atoms with van der Waals surface area (Å²) < 4.78 is 0. The van der Waals surface area contributed by atoms with Crippen molar-refractivity contribution in [1.82, 2.24) is 20.4 Å². The molecular weight excluding hydrogens is 380 g/mol. The minimum absolute atomic E-state index is 0.157. The summed E-state index contributed by atoms with van der Waals surface area (Å²) in [5, 5.41) is 26.2. The Balaban J connectivity index is 1.32. The molecule has 1 aromatic carbocycles. The highest BCUT2D eigenvalue weighted by atomic mass is 32.1. The molecule has 2 unspecified atom stereocenters. The van der Waals surface area contributed by atoms with Gasteiger partial charge in [-0.2, -0.15) is 0 Å². The molecule has 0 saturated heterocycles. The van der Waals surface area contributed by atoms with E-state index in [0.29, 0.717) is 22.5 Å². The lowest BCUT2D eigenvalue weighted by molar-refractivity contribution is 0.102. The van der Waals surface area contributed by atoms with Crippen molar-refractivity contribution < 1.29 is 4.79 Å². The molecule has 3 aromatic rings. The van der Waals surface area contributed by atoms with Crippen LogP contribution in [-0.4, -0.2) is 33.3 Å². The van der Waals surface area contributed by atoms with Gasteiger partial charge < -0.3 is 5.32 Å². The number of benzene rings is 1. The second-order valence-electron chi connectivity index (χ2n) is 6.60. The number of nitrogens with one attached hydrogen (secondary N) is 2. The van der Waals surface area contributed by atoms with Crippen LogP contribution in [0.2, 0.25) is 0 Å². The molecule has 1 amide bonds. The van der Waals surface area contributed by atoms with Crippen molar-refractivity contribution in [2.45, 2.75) is 31.6 Å². The van der Waals surface area contributed by atoms with Crippen LogP contribution in [0.5, 0.6) is 0 Å². The average Bonchev–Trinajstić information content (AvgIpc) is 3.43. The third-order valence-electron chi connectivity index (χ3n) is 4.73. The van der Waals surface area contributed by atoms with Crippen molar-refractivity contribution >= 4 is 38.8 Å². The lowest BCUT2D eigenvalue weighted by atomic mass is 10.0. The number of carbonyl (C=O) groups is 1. The molecule has 0 radical (unpaired) electrons. The molecule has 7 nitrogen and oxygen atoms in total. The Morgan fingerprint density at radius 3 is 2.67 bits per heavy atom. The van der Waals surface area contributed by atoms with Gasteiger partial charge in [0.2, 0.25) is 10.3 Å². The third-order valence-corrected chi connectivity index (χ3v) is 6.70. The van der Waals surface area contributed by atoms with Crippen LogP contribution in [0.4, 0.5) is 10.3 Å². The smallest absolute Gasteiger partial charge is 0.257 e. The first-order valence-corrected chi connectivity index (χ1v) is 10.5. The van der Waals surface area contributed by atoms with E-state index in [1.165, 1.54) is 11.3 Å². The molecule has 2 N–H and O–H groups in total. The van der Waals surface area contributed by atoms with Crippen LogP contribution >= 0.6 is 22.7 Å². The number of aromatic nitrogens is 4. The summed E-state index contributed by atoms with van der Waals surface area (Å²) in [4.78, 5) is 12.2. The first kappa shape index (κ1) is 18.0. The topological polar surface area (TPSA) is 92.7 Å². The zero-order valence-corrected chi connectivity index (χ0v) is 16.5. The van der Waals surface area contributed by atoms with Crippen LogP contribution in [0.3, 0.4) is 0 Å². The fraction of sp³-hybridized carbons (Fsp3) is 0.389. The standard InChI is InChI=1S/C18H20N6OS2/c1-19-17-23-22-16(27-17)13-8-7-11(9-13)10-14-21-24-18(26-14)20-15(25)12-5-3-2-4-6-12/h2-6,11,13H,7-10H2,1H3,(H,19,23)(H,20,24,25). The molecule has 1 fully saturated rings. The number of hydrogen-bond acceptors (Lipinski definition) is 8. The van der Waals surface area contributed by atoms with Crippen molar-refractivity contribution in [3.05, 3.63) is 45.9 Å². The Morgan fingerprint density at radius 2 is 1.89 bits per heavy atom. The van der Waals surface area contributed by atoms with E-state index in [0.717, 1.165) is 40.8 Å². The molecule has 9 heteroatoms. The zero-order valence-electron chi connectivity index (χ0n) is 14.9. The van der Waals surface area contributed by atoms with Gasteiger partial charge in [0, 0.05) is 24.9 Å². The second kappa shape index (κ2) is 8.10. The lowest BCUT2D eigenvalue weighted by Crippen LogP contribution is -2.11. The maximum Gasteiger partial charge on any atom is 0.257 e. The van der Waals surface area contributed by atoms with E-state index in [1.54, 1.807) is 23.5 Å². The Bertz CT molecular complexity index is 909. The highest BCUT2D eigenvalue weighted by molar-refractivity contribution is 7.15. The monoisotopic (exact) mass is 400 g/mol. The van der Waals surface area contributed by atoms with Gasteiger partial charge in [-0.25, -0.2) is 0 Å². The fourth-order valence-corrected chi connectivity index (χ4v) is 5.07. The summed E-state index contributed by atoms with van der Waals surface area (Å²) in [6.07, 6.45) is 4.29. The largest absolute Gasteiger partial charge is 0.363 e. The first-order valence-electron chi connectivity index (χ1n) is 8.91. The molecule has 2 heterocycles. The molecule has 1 aliphatic rings. The summed E-state index contributed by atoms with van der Waals surface area (Å²) in [5.41, 5.74) is 0.617. The molecule has 140 valence electrons. The summed E-state index contributed by atoms with van der Waals surface area (Å²) in [5.74, 6) is 0.901. The Kier molecular flexibility index (Phi) is 5.40. The predicted molar refractivity (Wildman–Crippen MR) is 108 cm³/mol. The van der Waals surface area contributed by atoms with Crippen LogP contribution in [-0.2, 0) is 6.42 Å². The number of carbonyl (C=O) groups excluding carboxylic acids is 1. The zero-order chi connectivity index (χ0) is 18.6. The van der Waals surface area contributed by atoms with Gasteiger partial charge in [-0.05, 0) is 37.3 Å². The van der Waals surface area contributed by atoms with Crippen molar-refractivity contribution in [2.24, 2.45) is 5.92 Å². The van der Waals surface area contributed by atoms with Gasteiger partial charge in [0.15, 0.2) is 0 Å². The molecule has 0 bridgehead atoms. The summed E-state index contributed by atoms with van der Waals surface area (Å²) in [6.45, 7) is 0. The van der Waals surface area contributed by atoms with Crippen LogP contribution in [0.1, 0.15) is 45.6 Å². The van der Waals surface area contributed by atoms with Crippen molar-refractivity contribution in [3.8, 4) is 0 Å². The summed E-state index contributed by atoms with van der Waals surface area (Å²) >= 11 is 3.10. The number of hydrogen-bond donors (Lipinski definition) is 2. The van der Waals surface area contributed by atoms with Crippen molar-refractivity contribution in [3.63, 3.8) is 0 Å². The number of amides is 1. The molecule has 0 spiro atoms. The average molecular weight is 401 g/mol. The van der Waals surface area contributed by atoms with Crippen molar-refractivity contribution in [2.75, 3.05) is 17.7 Å². The van der Waals surface area contributed by atoms with Gasteiger partial charge in [0.1, 0.15) is 10.0 Å². The highest BCUT2D eigenvalue weighted by Crippen LogP contribution is 2.41. The molecule has 1 aliphatic carbocycles. The SMILES string of the molecule is CNc1nnc(C2CCC(Cc3nnc(NC(=O)c4ccccc4)s3)C2)s1. The lowest BCUT2D eigenvalue weighted by Gasteiger charge is -2.06. The predicted octanol–water partition coefficient (Wildman–Crippen LogP) is 3.81. The second-order valence-corrected chi connectivity index (χ2v) is 8.67. The molecule has 4 rings (SSSR count). The van der Waals surface area contributed by atoms with E-state index in [1.807, 2.05) is 25.2 Å². The number of rotatable bonds is 6. The minimum Gasteiger partial charge on any atom is -0.363 e. The van der Waals surface area contributed by atoms with Gasteiger partial charge >= 0.3 is 0 Å². The van der Waals surface area contributed by atoms with E-state index in [2.05, 4.69) is 31.0 Å². The maximum atomic E-state index is 12.2. The van der Waals surface area contributed by atoms with Gasteiger partial charge in [0.05, 0.1) is 0 Å². The van der Waals surface area contributed by atoms with Crippen LogP contribution < -0.4 is 10.6 Å². The van der Waals surface area contributed by atoms with Crippen LogP contribution in [0, 0.1) is 5.92 Å². The van der Waals surface area contributed by atoms with Crippen molar-refractivity contribution in [1.29, 1.82) is 0 Å².